The van der Waals surface area contributed by atoms with Gasteiger partial charge in [0.2, 0.25) is 0 Å². The van der Waals surface area contributed by atoms with Gasteiger partial charge in [-0.2, -0.15) is 13.2 Å². The van der Waals surface area contributed by atoms with Gasteiger partial charge in [0.1, 0.15) is 0 Å². The molecular weight excluding hydrogens is 273 g/mol. The quantitative estimate of drug-likeness (QED) is 0.779. The summed E-state index contributed by atoms with van der Waals surface area (Å²) >= 11 is 0. The van der Waals surface area contributed by atoms with Crippen molar-refractivity contribution >= 4 is 6.03 Å². The van der Waals surface area contributed by atoms with Crippen LogP contribution in [-0.2, 0) is 12.7 Å². The minimum absolute atomic E-state index is 0.0163. The van der Waals surface area contributed by atoms with Gasteiger partial charge in [0, 0.05) is 6.54 Å². The first-order chi connectivity index (χ1) is 9.36. The highest BCUT2D eigenvalue weighted by Crippen LogP contribution is 2.29. The number of rotatable bonds is 5. The van der Waals surface area contributed by atoms with Gasteiger partial charge in [0.15, 0.2) is 0 Å². The normalized spacial score (nSPS) is 12.8. The summed E-state index contributed by atoms with van der Waals surface area (Å²) in [6.07, 6.45) is -3.84. The molecule has 112 valence electrons. The highest BCUT2D eigenvalue weighted by atomic mass is 19.4. The lowest BCUT2D eigenvalue weighted by molar-refractivity contribution is -0.137. The molecule has 0 saturated heterocycles. The van der Waals surface area contributed by atoms with Crippen LogP contribution < -0.4 is 10.6 Å². The van der Waals surface area contributed by atoms with E-state index >= 15 is 0 Å². The Labute approximate surface area is 115 Å². The number of halogens is 3. The number of alkyl halides is 3. The number of hydrogen-bond acceptors (Lipinski definition) is 2. The number of benzene rings is 1. The molecule has 3 N–H and O–H groups in total. The van der Waals surface area contributed by atoms with Crippen molar-refractivity contribution in [1.82, 2.24) is 10.6 Å². The van der Waals surface area contributed by atoms with E-state index in [2.05, 4.69) is 10.6 Å². The van der Waals surface area contributed by atoms with E-state index < -0.39 is 17.8 Å². The maximum absolute atomic E-state index is 12.5. The van der Waals surface area contributed by atoms with Crippen LogP contribution in [0.1, 0.15) is 24.5 Å². The zero-order chi connectivity index (χ0) is 15.2. The molecule has 1 unspecified atom stereocenters. The Kier molecular flexibility index (Phi) is 5.82. The number of amides is 2. The molecule has 0 aliphatic heterocycles. The van der Waals surface area contributed by atoms with Crippen LogP contribution in [0.2, 0.25) is 0 Å². The van der Waals surface area contributed by atoms with E-state index in [-0.39, 0.29) is 19.2 Å². The van der Waals surface area contributed by atoms with Crippen molar-refractivity contribution in [1.29, 1.82) is 0 Å². The fourth-order valence-corrected chi connectivity index (χ4v) is 1.55. The number of carbonyl (C=O) groups is 1. The number of carbonyl (C=O) groups excluding carboxylic acids is 1. The molecule has 1 aromatic carbocycles. The third kappa shape index (κ3) is 5.08. The summed E-state index contributed by atoms with van der Waals surface area (Å²) in [5, 5.41) is 13.9. The Bertz CT molecular complexity index is 445. The molecule has 0 fully saturated rings. The summed E-state index contributed by atoms with van der Waals surface area (Å²) in [4.78, 5) is 11.5. The highest BCUT2D eigenvalue weighted by Gasteiger charge is 2.30. The molecule has 7 heteroatoms. The van der Waals surface area contributed by atoms with Crippen LogP contribution in [0.3, 0.4) is 0 Å². The summed E-state index contributed by atoms with van der Waals surface area (Å²) < 4.78 is 37.5. The molecule has 0 aromatic heterocycles. The second kappa shape index (κ2) is 7.14. The zero-order valence-corrected chi connectivity index (χ0v) is 11.0. The minimum Gasteiger partial charge on any atom is -0.394 e. The second-order valence-corrected chi connectivity index (χ2v) is 4.31. The smallest absolute Gasteiger partial charge is 0.394 e. The summed E-state index contributed by atoms with van der Waals surface area (Å²) in [6.45, 7) is 1.60. The summed E-state index contributed by atoms with van der Waals surface area (Å²) in [5.74, 6) is 0. The Morgan fingerprint density at radius 2 is 2.10 bits per heavy atom. The summed E-state index contributed by atoms with van der Waals surface area (Å²) in [5.41, 5.74) is -0.397. The standard InChI is InChI=1S/C13H17F3N2O2/c1-2-11(8-19)18-12(20)17-7-9-4-3-5-10(6-9)13(14,15)16/h3-6,11,19H,2,7-8H2,1H3,(H2,17,18,20). The van der Waals surface area contributed by atoms with Gasteiger partial charge in [-0.25, -0.2) is 4.79 Å². The van der Waals surface area contributed by atoms with Gasteiger partial charge in [-0.05, 0) is 24.1 Å². The molecule has 20 heavy (non-hydrogen) atoms. The van der Waals surface area contributed by atoms with E-state index in [1.807, 2.05) is 0 Å². The average Bonchev–Trinajstić information content (AvgIpc) is 2.42. The van der Waals surface area contributed by atoms with Crippen LogP contribution in [0.25, 0.3) is 0 Å². The Morgan fingerprint density at radius 1 is 1.40 bits per heavy atom. The van der Waals surface area contributed by atoms with Crippen molar-refractivity contribution in [2.24, 2.45) is 0 Å². The van der Waals surface area contributed by atoms with E-state index in [0.717, 1.165) is 12.1 Å². The Balaban J connectivity index is 2.56. The molecule has 2 amide bonds. The van der Waals surface area contributed by atoms with Crippen molar-refractivity contribution in [3.8, 4) is 0 Å². The van der Waals surface area contributed by atoms with E-state index in [0.29, 0.717) is 12.0 Å². The number of aliphatic hydroxyl groups excluding tert-OH is 1. The van der Waals surface area contributed by atoms with Crippen molar-refractivity contribution in [3.05, 3.63) is 35.4 Å². The first-order valence-electron chi connectivity index (χ1n) is 6.18. The summed E-state index contributed by atoms with van der Waals surface area (Å²) in [6, 6.07) is 3.87. The first kappa shape index (κ1) is 16.3. The molecule has 0 heterocycles. The van der Waals surface area contributed by atoms with Crippen molar-refractivity contribution in [2.75, 3.05) is 6.61 Å². The second-order valence-electron chi connectivity index (χ2n) is 4.31. The van der Waals surface area contributed by atoms with E-state index in [9.17, 15) is 18.0 Å². The molecular formula is C13H17F3N2O2. The lowest BCUT2D eigenvalue weighted by atomic mass is 10.1. The van der Waals surface area contributed by atoms with Gasteiger partial charge < -0.3 is 15.7 Å². The van der Waals surface area contributed by atoms with Crippen molar-refractivity contribution in [2.45, 2.75) is 32.1 Å². The van der Waals surface area contributed by atoms with E-state index in [1.165, 1.54) is 12.1 Å². The number of aliphatic hydroxyl groups is 1. The van der Waals surface area contributed by atoms with Crippen LogP contribution in [0.4, 0.5) is 18.0 Å². The lowest BCUT2D eigenvalue weighted by Crippen LogP contribution is -2.43. The molecule has 4 nitrogen and oxygen atoms in total. The van der Waals surface area contributed by atoms with Gasteiger partial charge in [-0.1, -0.05) is 19.1 Å². The molecule has 1 rings (SSSR count). The topological polar surface area (TPSA) is 61.4 Å². The fourth-order valence-electron chi connectivity index (χ4n) is 1.55. The molecule has 1 atom stereocenters. The van der Waals surface area contributed by atoms with Crippen LogP contribution >= 0.6 is 0 Å². The maximum Gasteiger partial charge on any atom is 0.416 e. The molecule has 0 spiro atoms. The predicted octanol–water partition coefficient (Wildman–Crippen LogP) is 2.28. The third-order valence-corrected chi connectivity index (χ3v) is 2.76. The molecule has 1 aromatic rings. The SMILES string of the molecule is CCC(CO)NC(=O)NCc1cccc(C(F)(F)F)c1. The van der Waals surface area contributed by atoms with Crippen molar-refractivity contribution in [3.63, 3.8) is 0 Å². The molecule has 0 radical (unpaired) electrons. The molecule has 0 aliphatic carbocycles. The number of hydrogen-bond donors (Lipinski definition) is 3. The molecule has 0 saturated carbocycles. The van der Waals surface area contributed by atoms with Crippen LogP contribution in [0.5, 0.6) is 0 Å². The number of nitrogens with one attached hydrogen (secondary N) is 2. The third-order valence-electron chi connectivity index (χ3n) is 2.76. The maximum atomic E-state index is 12.5. The van der Waals surface area contributed by atoms with Gasteiger partial charge in [-0.3, -0.25) is 0 Å². The summed E-state index contributed by atoms with van der Waals surface area (Å²) in [7, 11) is 0. The predicted molar refractivity (Wildman–Crippen MR) is 68.0 cm³/mol. The fraction of sp³-hybridized carbons (Fsp3) is 0.462. The first-order valence-corrected chi connectivity index (χ1v) is 6.18. The monoisotopic (exact) mass is 290 g/mol. The Morgan fingerprint density at radius 3 is 2.65 bits per heavy atom. The minimum atomic E-state index is -4.40. The number of urea groups is 1. The van der Waals surface area contributed by atoms with E-state index in [1.54, 1.807) is 6.92 Å². The molecule has 0 bridgehead atoms. The highest BCUT2D eigenvalue weighted by molar-refractivity contribution is 5.74. The Hall–Kier alpha value is -1.76. The molecule has 0 aliphatic rings. The van der Waals surface area contributed by atoms with E-state index in [4.69, 9.17) is 5.11 Å². The average molecular weight is 290 g/mol. The largest absolute Gasteiger partial charge is 0.416 e. The van der Waals surface area contributed by atoms with Crippen LogP contribution in [-0.4, -0.2) is 23.8 Å². The van der Waals surface area contributed by atoms with Gasteiger partial charge in [0.25, 0.3) is 0 Å². The zero-order valence-electron chi connectivity index (χ0n) is 11.0. The van der Waals surface area contributed by atoms with Gasteiger partial charge >= 0.3 is 12.2 Å². The lowest BCUT2D eigenvalue weighted by Gasteiger charge is -2.15. The van der Waals surface area contributed by atoms with Crippen molar-refractivity contribution < 1.29 is 23.1 Å². The van der Waals surface area contributed by atoms with Gasteiger partial charge in [-0.15, -0.1) is 0 Å². The van der Waals surface area contributed by atoms with Gasteiger partial charge in [0.05, 0.1) is 18.2 Å². The van der Waals surface area contributed by atoms with Crippen LogP contribution in [0, 0.1) is 0 Å². The van der Waals surface area contributed by atoms with Crippen LogP contribution in [0.15, 0.2) is 24.3 Å².